The summed E-state index contributed by atoms with van der Waals surface area (Å²) in [6.07, 6.45) is 3.59. The number of benzene rings is 1. The van der Waals surface area contributed by atoms with Gasteiger partial charge in [0.25, 0.3) is 0 Å². The maximum Gasteiger partial charge on any atom is 0.342 e. The van der Waals surface area contributed by atoms with Gasteiger partial charge in [-0.3, -0.25) is 0 Å². The lowest BCUT2D eigenvalue weighted by Crippen LogP contribution is -2.36. The Morgan fingerprint density at radius 2 is 2.03 bits per heavy atom. The smallest absolute Gasteiger partial charge is 0.342 e. The van der Waals surface area contributed by atoms with Crippen LogP contribution >= 0.6 is 0 Å². The summed E-state index contributed by atoms with van der Waals surface area (Å²) in [6.45, 7) is 14.6. The molecule has 0 amide bonds. The van der Waals surface area contributed by atoms with Crippen LogP contribution < -0.4 is 15.0 Å². The second-order valence-electron chi connectivity index (χ2n) is 9.62. The molecule has 0 spiro atoms. The third-order valence-electron chi connectivity index (χ3n) is 5.86. The fourth-order valence-corrected chi connectivity index (χ4v) is 4.22. The molecule has 1 fully saturated rings. The summed E-state index contributed by atoms with van der Waals surface area (Å²) in [5.41, 5.74) is 2.72. The van der Waals surface area contributed by atoms with Crippen LogP contribution in [-0.2, 0) is 4.74 Å². The van der Waals surface area contributed by atoms with E-state index in [4.69, 9.17) is 9.47 Å². The summed E-state index contributed by atoms with van der Waals surface area (Å²) >= 11 is 0. The van der Waals surface area contributed by atoms with Crippen LogP contribution in [0.4, 0.5) is 5.82 Å². The van der Waals surface area contributed by atoms with E-state index in [9.17, 15) is 4.79 Å². The van der Waals surface area contributed by atoms with E-state index in [1.54, 1.807) is 6.20 Å². The average Bonchev–Trinajstić information content (AvgIpc) is 3.24. The van der Waals surface area contributed by atoms with Crippen LogP contribution in [0.5, 0.6) is 5.75 Å². The van der Waals surface area contributed by atoms with Crippen LogP contribution in [0.2, 0.25) is 0 Å². The number of pyridine rings is 1. The first-order chi connectivity index (χ1) is 15.8. The van der Waals surface area contributed by atoms with Crippen molar-refractivity contribution >= 4 is 11.8 Å². The highest BCUT2D eigenvalue weighted by molar-refractivity contribution is 5.96. The van der Waals surface area contributed by atoms with E-state index in [0.29, 0.717) is 17.5 Å². The Balaban J connectivity index is 1.70. The number of aryl methyl sites for hydroxylation is 1. The summed E-state index contributed by atoms with van der Waals surface area (Å²) in [7, 11) is 0. The fraction of sp³-hybridized carbons (Fsp3) is 0.556. The Bertz CT molecular complexity index is 929. The van der Waals surface area contributed by atoms with Crippen molar-refractivity contribution in [2.45, 2.75) is 72.6 Å². The van der Waals surface area contributed by atoms with Crippen LogP contribution in [0.15, 0.2) is 36.5 Å². The van der Waals surface area contributed by atoms with E-state index in [2.05, 4.69) is 54.2 Å². The van der Waals surface area contributed by atoms with Gasteiger partial charge in [0.1, 0.15) is 17.1 Å². The van der Waals surface area contributed by atoms with Crippen LogP contribution in [0.3, 0.4) is 0 Å². The highest BCUT2D eigenvalue weighted by Gasteiger charge is 2.29. The number of carbonyl (C=O) groups is 1. The minimum Gasteiger partial charge on any atom is -0.493 e. The van der Waals surface area contributed by atoms with E-state index in [1.807, 2.05) is 32.9 Å². The van der Waals surface area contributed by atoms with Crippen molar-refractivity contribution in [3.63, 3.8) is 0 Å². The van der Waals surface area contributed by atoms with E-state index in [0.717, 1.165) is 49.7 Å². The molecule has 2 aromatic rings. The van der Waals surface area contributed by atoms with Gasteiger partial charge in [0.05, 0.1) is 12.7 Å². The minimum atomic E-state index is -0.299. The maximum absolute atomic E-state index is 12.8. The van der Waals surface area contributed by atoms with Crippen molar-refractivity contribution in [1.29, 1.82) is 0 Å². The van der Waals surface area contributed by atoms with Gasteiger partial charge in [0.15, 0.2) is 0 Å². The predicted octanol–water partition coefficient (Wildman–Crippen LogP) is 5.31. The lowest BCUT2D eigenvalue weighted by atomic mass is 10.0. The van der Waals surface area contributed by atoms with Crippen LogP contribution in [0.25, 0.3) is 0 Å². The molecule has 0 bridgehead atoms. The van der Waals surface area contributed by atoms with E-state index in [1.165, 1.54) is 5.56 Å². The van der Waals surface area contributed by atoms with Gasteiger partial charge < -0.3 is 19.7 Å². The number of hydrogen-bond donors (Lipinski definition) is 1. The SMILES string of the molecule is CCC(N[C@@H]1CCN(c2nccc(C)c2C(=O)OC(C)C)C1)c1cccc(OCC(C)C)c1. The number of hydrogen-bond acceptors (Lipinski definition) is 6. The van der Waals surface area contributed by atoms with E-state index in [-0.39, 0.29) is 18.1 Å². The Labute approximate surface area is 198 Å². The molecule has 2 heterocycles. The van der Waals surface area contributed by atoms with Crippen molar-refractivity contribution < 1.29 is 14.3 Å². The monoisotopic (exact) mass is 453 g/mol. The zero-order valence-corrected chi connectivity index (χ0v) is 20.9. The molecule has 1 aromatic carbocycles. The Morgan fingerprint density at radius 1 is 1.24 bits per heavy atom. The quantitative estimate of drug-likeness (QED) is 0.492. The highest BCUT2D eigenvalue weighted by atomic mass is 16.5. The van der Waals surface area contributed by atoms with Gasteiger partial charge >= 0.3 is 5.97 Å². The van der Waals surface area contributed by atoms with Gasteiger partial charge in [-0.25, -0.2) is 9.78 Å². The first-order valence-electron chi connectivity index (χ1n) is 12.2. The molecule has 0 aliphatic carbocycles. The zero-order valence-electron chi connectivity index (χ0n) is 20.9. The first kappa shape index (κ1) is 25.0. The van der Waals surface area contributed by atoms with Crippen molar-refractivity contribution in [1.82, 2.24) is 10.3 Å². The van der Waals surface area contributed by atoms with Gasteiger partial charge in [-0.15, -0.1) is 0 Å². The topological polar surface area (TPSA) is 63.7 Å². The molecule has 6 heteroatoms. The Morgan fingerprint density at radius 3 is 2.73 bits per heavy atom. The molecule has 1 aromatic heterocycles. The number of nitrogens with zero attached hydrogens (tertiary/aromatic N) is 2. The summed E-state index contributed by atoms with van der Waals surface area (Å²) in [6, 6.07) is 10.8. The van der Waals surface area contributed by atoms with Crippen molar-refractivity contribution in [3.05, 3.63) is 53.2 Å². The van der Waals surface area contributed by atoms with E-state index >= 15 is 0 Å². The Kier molecular flexibility index (Phi) is 8.73. The number of rotatable bonds is 10. The third kappa shape index (κ3) is 6.70. The molecule has 0 radical (unpaired) electrons. The molecule has 3 rings (SSSR count). The molecule has 0 saturated carbocycles. The predicted molar refractivity (Wildman–Crippen MR) is 133 cm³/mol. The molecule has 33 heavy (non-hydrogen) atoms. The molecule has 1 N–H and O–H groups in total. The normalized spacial score (nSPS) is 17.0. The minimum absolute atomic E-state index is 0.163. The Hall–Kier alpha value is -2.60. The molecule has 1 aliphatic rings. The van der Waals surface area contributed by atoms with Crippen LogP contribution in [0.1, 0.15) is 75.0 Å². The maximum atomic E-state index is 12.8. The van der Waals surface area contributed by atoms with Gasteiger partial charge in [-0.1, -0.05) is 32.9 Å². The van der Waals surface area contributed by atoms with Gasteiger partial charge in [-0.2, -0.15) is 0 Å². The largest absolute Gasteiger partial charge is 0.493 e. The summed E-state index contributed by atoms with van der Waals surface area (Å²) in [5, 5.41) is 3.83. The van der Waals surface area contributed by atoms with Gasteiger partial charge in [-0.05, 0) is 68.9 Å². The van der Waals surface area contributed by atoms with Crippen LogP contribution in [-0.4, -0.2) is 42.8 Å². The lowest BCUT2D eigenvalue weighted by molar-refractivity contribution is 0.0377. The number of nitrogens with one attached hydrogen (secondary N) is 1. The number of aromatic nitrogens is 1. The summed E-state index contributed by atoms with van der Waals surface area (Å²) in [5.74, 6) is 1.84. The summed E-state index contributed by atoms with van der Waals surface area (Å²) < 4.78 is 11.4. The molecule has 180 valence electrons. The molecular formula is C27H39N3O3. The molecule has 6 nitrogen and oxygen atoms in total. The summed E-state index contributed by atoms with van der Waals surface area (Å²) in [4.78, 5) is 19.5. The lowest BCUT2D eigenvalue weighted by Gasteiger charge is -2.25. The first-order valence-corrected chi connectivity index (χ1v) is 12.2. The number of ether oxygens (including phenoxy) is 2. The number of esters is 1. The van der Waals surface area contributed by atoms with Crippen molar-refractivity contribution in [2.24, 2.45) is 5.92 Å². The molecule has 1 aliphatic heterocycles. The van der Waals surface area contributed by atoms with Crippen molar-refractivity contribution in [3.8, 4) is 5.75 Å². The van der Waals surface area contributed by atoms with Crippen molar-refractivity contribution in [2.75, 3.05) is 24.6 Å². The fourth-order valence-electron chi connectivity index (χ4n) is 4.22. The standard InChI is InChI=1S/C27H39N3O3/c1-7-24(21-9-8-10-23(15-21)32-17-18(2)3)29-22-12-14-30(16-22)26-25(20(6)11-13-28-26)27(31)33-19(4)5/h8-11,13,15,18-19,22,24,29H,7,12,14,16-17H2,1-6H3/t22-,24?/m1/s1. The number of anilines is 1. The zero-order chi connectivity index (χ0) is 24.0. The van der Waals surface area contributed by atoms with Gasteiger partial charge in [0.2, 0.25) is 0 Å². The highest BCUT2D eigenvalue weighted by Crippen LogP contribution is 2.28. The second-order valence-corrected chi connectivity index (χ2v) is 9.62. The second kappa shape index (κ2) is 11.5. The molecular weight excluding hydrogens is 414 g/mol. The van der Waals surface area contributed by atoms with E-state index < -0.39 is 0 Å². The van der Waals surface area contributed by atoms with Gasteiger partial charge in [0, 0.05) is 31.4 Å². The average molecular weight is 454 g/mol. The molecule has 2 atom stereocenters. The third-order valence-corrected chi connectivity index (χ3v) is 5.86. The molecule has 1 saturated heterocycles. The molecule has 1 unspecified atom stereocenters. The number of carbonyl (C=O) groups excluding carboxylic acids is 1. The van der Waals surface area contributed by atoms with Crippen LogP contribution in [0, 0.1) is 12.8 Å².